The van der Waals surface area contributed by atoms with Crippen LogP contribution in [0.1, 0.15) is 18.9 Å². The molecule has 118 valence electrons. The van der Waals surface area contributed by atoms with Crippen LogP contribution in [0, 0.1) is 5.92 Å². The number of benzene rings is 1. The number of likely N-dealkylation sites (tertiary alicyclic amines) is 1. The summed E-state index contributed by atoms with van der Waals surface area (Å²) >= 11 is 0. The van der Waals surface area contributed by atoms with Gasteiger partial charge >= 0.3 is 0 Å². The van der Waals surface area contributed by atoms with Crippen molar-refractivity contribution in [3.8, 4) is 0 Å². The van der Waals surface area contributed by atoms with Gasteiger partial charge in [-0.05, 0) is 5.56 Å². The molecule has 22 heavy (non-hydrogen) atoms. The molecule has 0 spiro atoms. The van der Waals surface area contributed by atoms with E-state index in [1.807, 2.05) is 13.0 Å². The number of amides is 2. The van der Waals surface area contributed by atoms with Crippen LogP contribution in [0.25, 0.3) is 0 Å². The predicted molar refractivity (Wildman–Crippen MR) is 83.8 cm³/mol. The first-order chi connectivity index (χ1) is 10.6. The lowest BCUT2D eigenvalue weighted by atomic mass is 10.1. The summed E-state index contributed by atoms with van der Waals surface area (Å²) < 4.78 is 0. The fraction of sp³-hybridized carbons (Fsp3) is 0.529. The van der Waals surface area contributed by atoms with Gasteiger partial charge in [-0.2, -0.15) is 0 Å². The van der Waals surface area contributed by atoms with Gasteiger partial charge in [-0.25, -0.2) is 0 Å². The predicted octanol–water partition coefficient (Wildman–Crippen LogP) is 1.16. The molecule has 2 aliphatic rings. The maximum absolute atomic E-state index is 12.0. The SMILES string of the molecule is CC1CC(=O)N(CN2CCN(Cc3ccccc3)CC2)C1=O. The van der Waals surface area contributed by atoms with Crippen molar-refractivity contribution in [3.05, 3.63) is 35.9 Å². The van der Waals surface area contributed by atoms with Gasteiger partial charge in [0.1, 0.15) is 0 Å². The van der Waals surface area contributed by atoms with Gasteiger partial charge in [-0.3, -0.25) is 24.3 Å². The van der Waals surface area contributed by atoms with Gasteiger partial charge in [0, 0.05) is 45.1 Å². The number of imide groups is 1. The molecule has 0 aliphatic carbocycles. The zero-order chi connectivity index (χ0) is 15.5. The highest BCUT2D eigenvalue weighted by atomic mass is 16.2. The topological polar surface area (TPSA) is 43.9 Å². The van der Waals surface area contributed by atoms with E-state index in [9.17, 15) is 9.59 Å². The molecule has 0 aromatic heterocycles. The Balaban J connectivity index is 1.48. The van der Waals surface area contributed by atoms with E-state index in [1.165, 1.54) is 10.5 Å². The van der Waals surface area contributed by atoms with Crippen molar-refractivity contribution >= 4 is 11.8 Å². The van der Waals surface area contributed by atoms with Crippen molar-refractivity contribution < 1.29 is 9.59 Å². The molecule has 5 nitrogen and oxygen atoms in total. The Hall–Kier alpha value is -1.72. The Morgan fingerprint density at radius 2 is 1.64 bits per heavy atom. The largest absolute Gasteiger partial charge is 0.297 e. The molecule has 2 saturated heterocycles. The minimum Gasteiger partial charge on any atom is -0.297 e. The first-order valence-corrected chi connectivity index (χ1v) is 7.96. The van der Waals surface area contributed by atoms with Crippen molar-refractivity contribution in [2.24, 2.45) is 5.92 Å². The molecule has 1 unspecified atom stereocenters. The quantitative estimate of drug-likeness (QED) is 0.783. The van der Waals surface area contributed by atoms with Crippen molar-refractivity contribution in [1.29, 1.82) is 0 Å². The summed E-state index contributed by atoms with van der Waals surface area (Å²) in [5.41, 5.74) is 1.33. The Morgan fingerprint density at radius 1 is 1.00 bits per heavy atom. The van der Waals surface area contributed by atoms with E-state index < -0.39 is 0 Å². The summed E-state index contributed by atoms with van der Waals surface area (Å²) in [5, 5.41) is 0. The van der Waals surface area contributed by atoms with Crippen molar-refractivity contribution in [3.63, 3.8) is 0 Å². The Bertz CT molecular complexity index is 538. The molecule has 0 saturated carbocycles. The van der Waals surface area contributed by atoms with Crippen molar-refractivity contribution in [2.75, 3.05) is 32.8 Å². The lowest BCUT2D eigenvalue weighted by molar-refractivity contribution is -0.142. The summed E-state index contributed by atoms with van der Waals surface area (Å²) in [6.07, 6.45) is 0.368. The van der Waals surface area contributed by atoms with Gasteiger partial charge in [-0.15, -0.1) is 0 Å². The summed E-state index contributed by atoms with van der Waals surface area (Å²) in [6, 6.07) is 10.5. The molecular formula is C17H23N3O2. The number of carbonyl (C=O) groups excluding carboxylic acids is 2. The molecule has 2 aliphatic heterocycles. The summed E-state index contributed by atoms with van der Waals surface area (Å²) in [7, 11) is 0. The first kappa shape index (κ1) is 15.2. The normalized spacial score (nSPS) is 24.2. The molecule has 1 atom stereocenters. The Morgan fingerprint density at radius 3 is 2.23 bits per heavy atom. The van der Waals surface area contributed by atoms with E-state index >= 15 is 0 Å². The maximum atomic E-state index is 12.0. The van der Waals surface area contributed by atoms with Crippen LogP contribution in [0.5, 0.6) is 0 Å². The highest BCUT2D eigenvalue weighted by Crippen LogP contribution is 2.19. The monoisotopic (exact) mass is 301 g/mol. The average Bonchev–Trinajstić information content (AvgIpc) is 2.77. The highest BCUT2D eigenvalue weighted by molar-refractivity contribution is 6.03. The van der Waals surface area contributed by atoms with Gasteiger partial charge < -0.3 is 0 Å². The number of piperazine rings is 1. The first-order valence-electron chi connectivity index (χ1n) is 7.96. The zero-order valence-corrected chi connectivity index (χ0v) is 13.1. The number of carbonyl (C=O) groups is 2. The minimum absolute atomic E-state index is 0.0169. The fourth-order valence-electron chi connectivity index (χ4n) is 3.13. The molecule has 3 rings (SSSR count). The van der Waals surface area contributed by atoms with Crippen LogP contribution in [0.4, 0.5) is 0 Å². The maximum Gasteiger partial charge on any atom is 0.233 e. The second kappa shape index (κ2) is 6.58. The molecule has 0 N–H and O–H groups in total. The van der Waals surface area contributed by atoms with Crippen LogP contribution in [-0.4, -0.2) is 59.4 Å². The van der Waals surface area contributed by atoms with Crippen LogP contribution >= 0.6 is 0 Å². The lowest BCUT2D eigenvalue weighted by Crippen LogP contribution is -2.50. The molecule has 5 heteroatoms. The van der Waals surface area contributed by atoms with Crippen molar-refractivity contribution in [2.45, 2.75) is 19.9 Å². The second-order valence-electron chi connectivity index (χ2n) is 6.29. The third kappa shape index (κ3) is 3.36. The minimum atomic E-state index is -0.146. The molecular weight excluding hydrogens is 278 g/mol. The molecule has 1 aromatic rings. The van der Waals surface area contributed by atoms with Crippen LogP contribution in [0.3, 0.4) is 0 Å². The smallest absolute Gasteiger partial charge is 0.233 e. The fourth-order valence-corrected chi connectivity index (χ4v) is 3.13. The molecule has 1 aromatic carbocycles. The molecule has 0 radical (unpaired) electrons. The molecule has 2 heterocycles. The third-order valence-electron chi connectivity index (χ3n) is 4.52. The van der Waals surface area contributed by atoms with Crippen LogP contribution in [0.15, 0.2) is 30.3 Å². The lowest BCUT2D eigenvalue weighted by Gasteiger charge is -2.36. The van der Waals surface area contributed by atoms with Gasteiger partial charge in [0.25, 0.3) is 0 Å². The molecule has 2 fully saturated rings. The van der Waals surface area contributed by atoms with E-state index in [2.05, 4.69) is 34.1 Å². The molecule has 0 bridgehead atoms. The molecule has 2 amide bonds. The van der Waals surface area contributed by atoms with Gasteiger partial charge in [0.2, 0.25) is 11.8 Å². The van der Waals surface area contributed by atoms with Gasteiger partial charge in [0.05, 0.1) is 6.67 Å². The van der Waals surface area contributed by atoms with Gasteiger partial charge in [-0.1, -0.05) is 37.3 Å². The number of hydrogen-bond donors (Lipinski definition) is 0. The summed E-state index contributed by atoms with van der Waals surface area (Å²) in [4.78, 5) is 29.9. The van der Waals surface area contributed by atoms with Crippen molar-refractivity contribution in [1.82, 2.24) is 14.7 Å². The van der Waals surface area contributed by atoms with Gasteiger partial charge in [0.15, 0.2) is 0 Å². The number of hydrogen-bond acceptors (Lipinski definition) is 4. The number of nitrogens with zero attached hydrogens (tertiary/aromatic N) is 3. The average molecular weight is 301 g/mol. The zero-order valence-electron chi connectivity index (χ0n) is 13.1. The van der Waals surface area contributed by atoms with E-state index in [0.717, 1.165) is 32.7 Å². The Labute approximate surface area is 131 Å². The van der Waals surface area contributed by atoms with Crippen LogP contribution < -0.4 is 0 Å². The van der Waals surface area contributed by atoms with Crippen LogP contribution in [-0.2, 0) is 16.1 Å². The third-order valence-corrected chi connectivity index (χ3v) is 4.52. The highest BCUT2D eigenvalue weighted by Gasteiger charge is 2.36. The Kier molecular flexibility index (Phi) is 4.55. The van der Waals surface area contributed by atoms with E-state index in [-0.39, 0.29) is 17.7 Å². The second-order valence-corrected chi connectivity index (χ2v) is 6.29. The van der Waals surface area contributed by atoms with E-state index in [0.29, 0.717) is 13.1 Å². The number of rotatable bonds is 4. The van der Waals surface area contributed by atoms with Crippen LogP contribution in [0.2, 0.25) is 0 Å². The standard InChI is InChI=1S/C17H23N3O2/c1-14-11-16(21)20(17(14)22)13-19-9-7-18(8-10-19)12-15-5-3-2-4-6-15/h2-6,14H,7-13H2,1H3. The van der Waals surface area contributed by atoms with E-state index in [1.54, 1.807) is 0 Å². The summed E-state index contributed by atoms with van der Waals surface area (Å²) in [5.74, 6) is -0.187. The summed E-state index contributed by atoms with van der Waals surface area (Å²) in [6.45, 7) is 7.00. The van der Waals surface area contributed by atoms with E-state index in [4.69, 9.17) is 0 Å².